The maximum absolute atomic E-state index is 13.3. The number of nitrogens with one attached hydrogen (secondary N) is 2. The van der Waals surface area contributed by atoms with Crippen molar-refractivity contribution in [3.05, 3.63) is 39.6 Å². The summed E-state index contributed by atoms with van der Waals surface area (Å²) in [6, 6.07) is 1.21. The summed E-state index contributed by atoms with van der Waals surface area (Å²) in [5.41, 5.74) is 10.5. The molecule has 6 N–H and O–H groups in total. The number of nitrogens with zero attached hydrogens (tertiary/aromatic N) is 3. The Bertz CT molecular complexity index is 976. The molecule has 1 aromatic rings. The summed E-state index contributed by atoms with van der Waals surface area (Å²) in [6.07, 6.45) is -1.29. The number of aliphatic imine (C=N–C) groups is 1. The van der Waals surface area contributed by atoms with Crippen LogP contribution in [-0.2, 0) is 5.66 Å². The van der Waals surface area contributed by atoms with Gasteiger partial charge in [0, 0.05) is 32.0 Å². The van der Waals surface area contributed by atoms with E-state index in [1.807, 2.05) is 0 Å². The highest BCUT2D eigenvalue weighted by Gasteiger charge is 2.47. The van der Waals surface area contributed by atoms with E-state index in [4.69, 9.17) is 11.5 Å². The lowest BCUT2D eigenvalue weighted by Crippen LogP contribution is -2.55. The molecule has 1 amide bonds. The van der Waals surface area contributed by atoms with Gasteiger partial charge in [0.15, 0.2) is 0 Å². The number of anilines is 1. The number of aryl methyl sites for hydroxylation is 1. The molecular formula is C19H26F3N7O2. The van der Waals surface area contributed by atoms with Gasteiger partial charge in [0.05, 0.1) is 12.9 Å². The molecule has 1 spiro atoms. The van der Waals surface area contributed by atoms with E-state index < -0.39 is 29.9 Å². The number of hydrogen-bond acceptors (Lipinski definition) is 6. The van der Waals surface area contributed by atoms with Gasteiger partial charge >= 0.3 is 6.18 Å². The lowest BCUT2D eigenvalue weighted by molar-refractivity contribution is -0.150. The Morgan fingerprint density at radius 2 is 2.03 bits per heavy atom. The van der Waals surface area contributed by atoms with Gasteiger partial charge in [-0.3, -0.25) is 19.1 Å². The molecule has 0 radical (unpaired) electrons. The van der Waals surface area contributed by atoms with Crippen molar-refractivity contribution in [2.24, 2.45) is 16.5 Å². The van der Waals surface area contributed by atoms with Crippen molar-refractivity contribution in [1.29, 1.82) is 0 Å². The normalized spacial score (nSPS) is 20.2. The number of likely N-dealkylation sites (tertiary alicyclic amines) is 1. The number of rotatable bonds is 5. The lowest BCUT2D eigenvalue weighted by atomic mass is 9.96. The second kappa shape index (κ2) is 8.25. The molecule has 3 heterocycles. The number of pyridine rings is 1. The van der Waals surface area contributed by atoms with Gasteiger partial charge in [0.2, 0.25) is 0 Å². The van der Waals surface area contributed by atoms with Crippen LogP contribution in [0.1, 0.15) is 35.8 Å². The van der Waals surface area contributed by atoms with Gasteiger partial charge in [-0.1, -0.05) is 0 Å². The highest BCUT2D eigenvalue weighted by molar-refractivity contribution is 5.97. The van der Waals surface area contributed by atoms with Gasteiger partial charge in [-0.15, -0.1) is 0 Å². The Balaban J connectivity index is 1.92. The smallest absolute Gasteiger partial charge is 0.390 e. The molecule has 3 rings (SSSR count). The third-order valence-electron chi connectivity index (χ3n) is 5.49. The maximum atomic E-state index is 13.3. The summed E-state index contributed by atoms with van der Waals surface area (Å²) < 4.78 is 39.6. The Morgan fingerprint density at radius 1 is 1.39 bits per heavy atom. The molecule has 0 aliphatic carbocycles. The minimum Gasteiger partial charge on any atom is -0.390 e. The molecule has 2 aliphatic heterocycles. The van der Waals surface area contributed by atoms with E-state index >= 15 is 0 Å². The third kappa shape index (κ3) is 4.68. The highest BCUT2D eigenvalue weighted by atomic mass is 19.4. The van der Waals surface area contributed by atoms with Gasteiger partial charge in [-0.25, -0.2) is 4.99 Å². The number of alkyl halides is 3. The predicted molar refractivity (Wildman–Crippen MR) is 111 cm³/mol. The van der Waals surface area contributed by atoms with Crippen LogP contribution in [0.5, 0.6) is 0 Å². The summed E-state index contributed by atoms with van der Waals surface area (Å²) >= 11 is 0. The second-order valence-corrected chi connectivity index (χ2v) is 7.91. The van der Waals surface area contributed by atoms with Gasteiger partial charge < -0.3 is 22.1 Å². The van der Waals surface area contributed by atoms with E-state index in [9.17, 15) is 22.8 Å². The molecule has 1 saturated heterocycles. The van der Waals surface area contributed by atoms with Crippen LogP contribution >= 0.6 is 0 Å². The molecule has 1 fully saturated rings. The fourth-order valence-electron chi connectivity index (χ4n) is 4.22. The zero-order valence-corrected chi connectivity index (χ0v) is 17.3. The Labute approximate surface area is 177 Å². The van der Waals surface area contributed by atoms with Gasteiger partial charge in [-0.2, -0.15) is 13.2 Å². The Kier molecular flexibility index (Phi) is 6.03. The zero-order valence-electron chi connectivity index (χ0n) is 17.3. The molecule has 170 valence electrons. The molecule has 1 unspecified atom stereocenters. The number of piperidine rings is 1. The number of fused-ring (bicyclic) bond motifs is 2. The number of carbonyl (C=O) groups excluding carboxylic acids is 1. The van der Waals surface area contributed by atoms with E-state index in [2.05, 4.69) is 15.6 Å². The van der Waals surface area contributed by atoms with Crippen molar-refractivity contribution < 1.29 is 18.0 Å². The highest BCUT2D eigenvalue weighted by Crippen LogP contribution is 2.34. The average Bonchev–Trinajstić information content (AvgIpc) is 2.93. The van der Waals surface area contributed by atoms with Crippen LogP contribution in [0.15, 0.2) is 27.8 Å². The standard InChI is InChI=1S/C19H26F3N7O2/c1-11-7-13(26-12(2)8-14(24)25-10-23)17(31)29-15(11)16(30)27-18(29)3-5-28(6-4-18)9-19(20,21)22/h7-8,10,12,26H,3-6,9,24H2,1-2H3,(H2,23,25)(H,27,30)/b14-8-. The Morgan fingerprint density at radius 3 is 2.61 bits per heavy atom. The summed E-state index contributed by atoms with van der Waals surface area (Å²) in [6.45, 7) is 2.67. The first-order valence-electron chi connectivity index (χ1n) is 9.82. The Hall–Kier alpha value is -3.02. The number of nitrogens with two attached hydrogens (primary N) is 2. The number of aromatic nitrogens is 1. The van der Waals surface area contributed by atoms with Gasteiger partial charge in [0.25, 0.3) is 11.5 Å². The second-order valence-electron chi connectivity index (χ2n) is 7.91. The maximum Gasteiger partial charge on any atom is 0.401 e. The molecular weight excluding hydrogens is 415 g/mol. The monoisotopic (exact) mass is 441 g/mol. The largest absolute Gasteiger partial charge is 0.401 e. The number of halogens is 3. The number of hydrogen-bond donors (Lipinski definition) is 4. The minimum atomic E-state index is -4.30. The number of carbonyl (C=O) groups is 1. The van der Waals surface area contributed by atoms with Gasteiger partial charge in [0.1, 0.15) is 22.9 Å². The molecule has 31 heavy (non-hydrogen) atoms. The van der Waals surface area contributed by atoms with Crippen LogP contribution in [0.4, 0.5) is 18.9 Å². The molecule has 1 aromatic heterocycles. The first-order chi connectivity index (χ1) is 14.5. The summed E-state index contributed by atoms with van der Waals surface area (Å²) in [5.74, 6) is -0.231. The molecule has 0 saturated carbocycles. The quantitative estimate of drug-likeness (QED) is 0.395. The fraction of sp³-hybridized carbons (Fsp3) is 0.526. The molecule has 9 nitrogen and oxygen atoms in total. The van der Waals surface area contributed by atoms with E-state index in [-0.39, 0.29) is 49.2 Å². The van der Waals surface area contributed by atoms with E-state index in [0.29, 0.717) is 5.56 Å². The van der Waals surface area contributed by atoms with Crippen molar-refractivity contribution in [3.63, 3.8) is 0 Å². The van der Waals surface area contributed by atoms with Crippen molar-refractivity contribution in [2.75, 3.05) is 25.0 Å². The van der Waals surface area contributed by atoms with Crippen LogP contribution < -0.4 is 27.7 Å². The summed E-state index contributed by atoms with van der Waals surface area (Å²) in [4.78, 5) is 31.0. The molecule has 1 atom stereocenters. The minimum absolute atomic E-state index is 0.106. The van der Waals surface area contributed by atoms with E-state index in [0.717, 1.165) is 6.34 Å². The molecule has 0 bridgehead atoms. The average molecular weight is 441 g/mol. The van der Waals surface area contributed by atoms with E-state index in [1.54, 1.807) is 26.0 Å². The van der Waals surface area contributed by atoms with Crippen molar-refractivity contribution in [2.45, 2.75) is 44.6 Å². The fourth-order valence-corrected chi connectivity index (χ4v) is 4.22. The summed E-state index contributed by atoms with van der Waals surface area (Å²) in [5, 5.41) is 5.90. The molecule has 2 aliphatic rings. The van der Waals surface area contributed by atoms with Crippen molar-refractivity contribution in [3.8, 4) is 0 Å². The van der Waals surface area contributed by atoms with Crippen molar-refractivity contribution >= 4 is 17.9 Å². The lowest BCUT2D eigenvalue weighted by Gasteiger charge is -2.40. The zero-order chi connectivity index (χ0) is 23.0. The first kappa shape index (κ1) is 22.7. The van der Waals surface area contributed by atoms with Crippen molar-refractivity contribution in [1.82, 2.24) is 14.8 Å². The predicted octanol–water partition coefficient (Wildman–Crippen LogP) is 0.799. The third-order valence-corrected chi connectivity index (χ3v) is 5.49. The van der Waals surface area contributed by atoms with Crippen LogP contribution in [0.3, 0.4) is 0 Å². The molecule has 0 aromatic carbocycles. The first-order valence-corrected chi connectivity index (χ1v) is 9.82. The van der Waals surface area contributed by atoms with Crippen LogP contribution in [0, 0.1) is 6.92 Å². The number of amides is 1. The van der Waals surface area contributed by atoms with Crippen LogP contribution in [0.2, 0.25) is 0 Å². The summed E-state index contributed by atoms with van der Waals surface area (Å²) in [7, 11) is 0. The van der Waals surface area contributed by atoms with E-state index in [1.165, 1.54) is 9.47 Å². The van der Waals surface area contributed by atoms with Gasteiger partial charge in [-0.05, 0) is 31.6 Å². The SMILES string of the molecule is Cc1cc(NC(C)/C=C(/N)N=CN)c(=O)n2c1C(=O)NC21CCN(CC(F)(F)F)CC1. The van der Waals surface area contributed by atoms with Crippen LogP contribution in [0.25, 0.3) is 0 Å². The topological polar surface area (TPSA) is 131 Å². The molecule has 12 heteroatoms. The van der Waals surface area contributed by atoms with Crippen LogP contribution in [-0.4, -0.2) is 53.6 Å².